The number of nitrogens with one attached hydrogen (secondary N) is 1. The van der Waals surface area contributed by atoms with E-state index in [1.54, 1.807) is 13.2 Å². The van der Waals surface area contributed by atoms with Gasteiger partial charge in [0, 0.05) is 24.8 Å². The van der Waals surface area contributed by atoms with Gasteiger partial charge in [-0.1, -0.05) is 6.07 Å². The molecule has 28 heavy (non-hydrogen) atoms. The Bertz CT molecular complexity index is 916. The Morgan fingerprint density at radius 2 is 2.07 bits per heavy atom. The number of aryl methyl sites for hydroxylation is 3. The zero-order chi connectivity index (χ0) is 19.9. The van der Waals surface area contributed by atoms with Gasteiger partial charge < -0.3 is 15.0 Å². The van der Waals surface area contributed by atoms with Crippen LogP contribution in [0.25, 0.3) is 0 Å². The number of amides is 1. The Hall–Kier alpha value is -2.70. The molecule has 1 spiro atoms. The van der Waals surface area contributed by atoms with Gasteiger partial charge in [-0.3, -0.25) is 4.79 Å². The van der Waals surface area contributed by atoms with Crippen molar-refractivity contribution in [2.75, 3.05) is 25.5 Å². The lowest BCUT2D eigenvalue weighted by atomic mass is 9.86. The van der Waals surface area contributed by atoms with Crippen molar-refractivity contribution in [3.63, 3.8) is 0 Å². The molecular weight excluding hydrogens is 354 g/mol. The molecule has 0 saturated carbocycles. The van der Waals surface area contributed by atoms with Gasteiger partial charge in [-0.25, -0.2) is 9.97 Å². The summed E-state index contributed by atoms with van der Waals surface area (Å²) in [6, 6.07) is 5.97. The minimum absolute atomic E-state index is 0.0809. The number of anilines is 1. The molecule has 7 heteroatoms. The molecule has 1 saturated heterocycles. The first-order chi connectivity index (χ1) is 13.4. The highest BCUT2D eigenvalue weighted by atomic mass is 16.5. The maximum absolute atomic E-state index is 13.2. The third-order valence-corrected chi connectivity index (χ3v) is 5.90. The van der Waals surface area contributed by atoms with Crippen molar-refractivity contribution in [2.24, 2.45) is 0 Å². The molecule has 148 valence electrons. The largest absolute Gasteiger partial charge is 0.481 e. The first-order valence-corrected chi connectivity index (χ1v) is 9.82. The summed E-state index contributed by atoms with van der Waals surface area (Å²) >= 11 is 0. The minimum atomic E-state index is -0.331. The summed E-state index contributed by atoms with van der Waals surface area (Å²) in [5.74, 6) is 1.85. The number of pyridine rings is 1. The Balaban J connectivity index is 1.50. The van der Waals surface area contributed by atoms with E-state index in [2.05, 4.69) is 32.4 Å². The fraction of sp³-hybridized carbons (Fsp3) is 0.524. The maximum atomic E-state index is 13.2. The van der Waals surface area contributed by atoms with E-state index in [1.165, 1.54) is 5.56 Å². The minimum Gasteiger partial charge on any atom is -0.481 e. The highest BCUT2D eigenvalue weighted by Crippen LogP contribution is 2.37. The number of likely N-dealkylation sites (tertiary alicyclic amines) is 1. The Kier molecular flexibility index (Phi) is 4.69. The number of aromatic nitrogens is 3. The predicted octanol–water partition coefficient (Wildman–Crippen LogP) is 2.63. The second-order valence-corrected chi connectivity index (χ2v) is 7.98. The average molecular weight is 381 g/mol. The maximum Gasteiger partial charge on any atom is 0.231 e. The zero-order valence-electron chi connectivity index (χ0n) is 17.0. The van der Waals surface area contributed by atoms with E-state index in [9.17, 15) is 4.79 Å². The van der Waals surface area contributed by atoms with Gasteiger partial charge in [0.25, 0.3) is 0 Å². The smallest absolute Gasteiger partial charge is 0.231 e. The van der Waals surface area contributed by atoms with Crippen molar-refractivity contribution < 1.29 is 9.53 Å². The average Bonchev–Trinajstić information content (AvgIpc) is 3.09. The van der Waals surface area contributed by atoms with Crippen LogP contribution in [-0.4, -0.2) is 51.5 Å². The highest BCUT2D eigenvalue weighted by Gasteiger charge is 2.43. The number of rotatable bonds is 3. The van der Waals surface area contributed by atoms with E-state index in [1.807, 2.05) is 25.7 Å². The third kappa shape index (κ3) is 3.41. The normalized spacial score (nSPS) is 21.9. The molecule has 2 aromatic rings. The van der Waals surface area contributed by atoms with Crippen LogP contribution in [0.15, 0.2) is 18.2 Å². The molecule has 0 aromatic carbocycles. The molecular formula is C21H27N5O2. The standard InChI is InChI=1S/C21H27N5O2/c1-13-5-6-16-7-8-21(25-19(16)22-13)9-10-26(12-21)20(27)14(2)17-11-18(28-4)24-15(3)23-17/h5-6,11,14H,7-10,12H2,1-4H3,(H,22,25)/t14-,21-/m0/s1. The van der Waals surface area contributed by atoms with Crippen molar-refractivity contribution in [1.29, 1.82) is 0 Å². The molecule has 2 atom stereocenters. The zero-order valence-corrected chi connectivity index (χ0v) is 17.0. The second-order valence-electron chi connectivity index (χ2n) is 7.98. The lowest BCUT2D eigenvalue weighted by Gasteiger charge is -2.36. The van der Waals surface area contributed by atoms with Crippen molar-refractivity contribution in [2.45, 2.75) is 51.5 Å². The van der Waals surface area contributed by atoms with Crippen LogP contribution >= 0.6 is 0 Å². The van der Waals surface area contributed by atoms with Crippen molar-refractivity contribution in [3.05, 3.63) is 41.0 Å². The van der Waals surface area contributed by atoms with E-state index < -0.39 is 0 Å². The molecule has 0 aliphatic carbocycles. The van der Waals surface area contributed by atoms with Crippen LogP contribution in [0.2, 0.25) is 0 Å². The molecule has 2 aliphatic rings. The van der Waals surface area contributed by atoms with Gasteiger partial charge >= 0.3 is 0 Å². The van der Waals surface area contributed by atoms with Crippen molar-refractivity contribution in [1.82, 2.24) is 19.9 Å². The Morgan fingerprint density at radius 1 is 1.25 bits per heavy atom. The fourth-order valence-corrected chi connectivity index (χ4v) is 4.24. The quantitative estimate of drug-likeness (QED) is 0.880. The molecule has 0 radical (unpaired) electrons. The molecule has 1 N–H and O–H groups in total. The SMILES string of the molecule is COc1cc([C@H](C)C(=O)N2CC[C@@]3(CCc4ccc(C)nc4N3)C2)nc(C)n1. The first-order valence-electron chi connectivity index (χ1n) is 9.82. The number of ether oxygens (including phenoxy) is 1. The topological polar surface area (TPSA) is 80.2 Å². The van der Waals surface area contributed by atoms with Gasteiger partial charge in [0.1, 0.15) is 11.6 Å². The van der Waals surface area contributed by atoms with Crippen LogP contribution in [-0.2, 0) is 11.2 Å². The van der Waals surface area contributed by atoms with Crippen LogP contribution in [0, 0.1) is 13.8 Å². The van der Waals surface area contributed by atoms with Crippen molar-refractivity contribution in [3.8, 4) is 5.88 Å². The van der Waals surface area contributed by atoms with Gasteiger partial charge in [-0.2, -0.15) is 4.98 Å². The molecule has 4 rings (SSSR count). The van der Waals surface area contributed by atoms with E-state index in [0.717, 1.165) is 37.3 Å². The van der Waals surface area contributed by atoms with E-state index in [-0.39, 0.29) is 17.4 Å². The van der Waals surface area contributed by atoms with Gasteiger partial charge in [0.2, 0.25) is 11.8 Å². The summed E-state index contributed by atoms with van der Waals surface area (Å²) in [6.45, 7) is 7.17. The molecule has 2 aromatic heterocycles. The van der Waals surface area contributed by atoms with Crippen LogP contribution in [0.3, 0.4) is 0 Å². The van der Waals surface area contributed by atoms with Crippen LogP contribution in [0.1, 0.15) is 48.5 Å². The van der Waals surface area contributed by atoms with E-state index in [0.29, 0.717) is 23.9 Å². The number of methoxy groups -OCH3 is 1. The monoisotopic (exact) mass is 381 g/mol. The lowest BCUT2D eigenvalue weighted by molar-refractivity contribution is -0.131. The number of nitrogens with zero attached hydrogens (tertiary/aromatic N) is 4. The molecule has 4 heterocycles. The van der Waals surface area contributed by atoms with Crippen LogP contribution < -0.4 is 10.1 Å². The van der Waals surface area contributed by atoms with E-state index >= 15 is 0 Å². The molecule has 0 unspecified atom stereocenters. The second kappa shape index (κ2) is 7.04. The predicted molar refractivity (Wildman–Crippen MR) is 107 cm³/mol. The third-order valence-electron chi connectivity index (χ3n) is 5.90. The first kappa shape index (κ1) is 18.7. The summed E-state index contributed by atoms with van der Waals surface area (Å²) in [7, 11) is 1.57. The molecule has 1 fully saturated rings. The molecule has 2 aliphatic heterocycles. The summed E-state index contributed by atoms with van der Waals surface area (Å²) in [4.78, 5) is 28.5. The van der Waals surface area contributed by atoms with Gasteiger partial charge in [0.15, 0.2) is 0 Å². The Labute approximate surface area is 165 Å². The van der Waals surface area contributed by atoms with Gasteiger partial charge in [-0.15, -0.1) is 0 Å². The fourth-order valence-electron chi connectivity index (χ4n) is 4.24. The number of fused-ring (bicyclic) bond motifs is 1. The summed E-state index contributed by atoms with van der Waals surface area (Å²) in [5.41, 5.74) is 2.89. The number of hydrogen-bond acceptors (Lipinski definition) is 6. The molecule has 1 amide bonds. The summed E-state index contributed by atoms with van der Waals surface area (Å²) < 4.78 is 5.23. The summed E-state index contributed by atoms with van der Waals surface area (Å²) in [5, 5.41) is 3.65. The highest BCUT2D eigenvalue weighted by molar-refractivity contribution is 5.83. The van der Waals surface area contributed by atoms with Crippen molar-refractivity contribution >= 4 is 11.7 Å². The van der Waals surface area contributed by atoms with Gasteiger partial charge in [0.05, 0.1) is 24.3 Å². The lowest BCUT2D eigenvalue weighted by Crippen LogP contribution is -2.46. The summed E-state index contributed by atoms with van der Waals surface area (Å²) in [6.07, 6.45) is 2.95. The van der Waals surface area contributed by atoms with E-state index in [4.69, 9.17) is 4.74 Å². The number of hydrogen-bond donors (Lipinski definition) is 1. The number of carbonyl (C=O) groups excluding carboxylic acids is 1. The molecule has 7 nitrogen and oxygen atoms in total. The Morgan fingerprint density at radius 3 is 2.86 bits per heavy atom. The molecule has 0 bridgehead atoms. The van der Waals surface area contributed by atoms with Gasteiger partial charge in [-0.05, 0) is 51.7 Å². The number of carbonyl (C=O) groups is 1. The van der Waals surface area contributed by atoms with Crippen LogP contribution in [0.4, 0.5) is 5.82 Å². The van der Waals surface area contributed by atoms with Crippen LogP contribution in [0.5, 0.6) is 5.88 Å².